The number of hydrogen-bond donors (Lipinski definition) is 0. The molecule has 1 amide bonds. The highest BCUT2D eigenvalue weighted by Gasteiger charge is 2.29. The zero-order valence-electron chi connectivity index (χ0n) is 14.4. The van der Waals surface area contributed by atoms with E-state index in [2.05, 4.69) is 20.9 Å². The normalized spacial score (nSPS) is 14.8. The molecule has 1 fully saturated rings. The number of hydrogen-bond acceptors (Lipinski definition) is 5. The molecule has 0 aliphatic carbocycles. The van der Waals surface area contributed by atoms with Gasteiger partial charge in [-0.15, -0.1) is 0 Å². The lowest BCUT2D eigenvalue weighted by Gasteiger charge is -2.30. The van der Waals surface area contributed by atoms with E-state index in [0.29, 0.717) is 37.2 Å². The highest BCUT2D eigenvalue weighted by Crippen LogP contribution is 2.27. The molecule has 1 aliphatic heterocycles. The van der Waals surface area contributed by atoms with Crippen molar-refractivity contribution in [3.8, 4) is 11.6 Å². The van der Waals surface area contributed by atoms with Gasteiger partial charge in [0.25, 0.3) is 5.91 Å². The van der Waals surface area contributed by atoms with E-state index in [0.717, 1.165) is 4.47 Å². The molecule has 6 nitrogen and oxygen atoms in total. The largest absolute Gasteiger partial charge is 0.469 e. The van der Waals surface area contributed by atoms with E-state index in [4.69, 9.17) is 9.47 Å². The zero-order valence-corrected chi connectivity index (χ0v) is 15.9. The number of piperidine rings is 1. The van der Waals surface area contributed by atoms with E-state index in [1.54, 1.807) is 29.3 Å². The van der Waals surface area contributed by atoms with Crippen molar-refractivity contribution in [3.05, 3.63) is 52.6 Å². The number of esters is 1. The second-order valence-electron chi connectivity index (χ2n) is 6.01. The first-order valence-electron chi connectivity index (χ1n) is 8.34. The van der Waals surface area contributed by atoms with Crippen LogP contribution in [0.1, 0.15) is 23.2 Å². The van der Waals surface area contributed by atoms with Crippen LogP contribution in [0.2, 0.25) is 0 Å². The molecular formula is C19H19BrN2O4. The van der Waals surface area contributed by atoms with Crippen molar-refractivity contribution in [2.75, 3.05) is 20.2 Å². The van der Waals surface area contributed by atoms with Crippen LogP contribution in [0.3, 0.4) is 0 Å². The first-order valence-corrected chi connectivity index (χ1v) is 9.13. The molecule has 0 unspecified atom stereocenters. The molecule has 7 heteroatoms. The molecule has 26 heavy (non-hydrogen) atoms. The van der Waals surface area contributed by atoms with Crippen molar-refractivity contribution in [1.82, 2.24) is 9.88 Å². The molecule has 0 atom stereocenters. The first-order chi connectivity index (χ1) is 12.6. The minimum atomic E-state index is -0.211. The summed E-state index contributed by atoms with van der Waals surface area (Å²) >= 11 is 3.40. The fourth-order valence-corrected chi connectivity index (χ4v) is 3.31. The van der Waals surface area contributed by atoms with Crippen molar-refractivity contribution in [2.24, 2.45) is 5.92 Å². The van der Waals surface area contributed by atoms with Crippen LogP contribution in [0.15, 0.2) is 47.1 Å². The molecule has 3 rings (SSSR count). The van der Waals surface area contributed by atoms with E-state index in [9.17, 15) is 9.59 Å². The van der Waals surface area contributed by atoms with Gasteiger partial charge in [0.2, 0.25) is 5.88 Å². The molecule has 0 N–H and O–H groups in total. The van der Waals surface area contributed by atoms with E-state index in [1.165, 1.54) is 7.11 Å². The fraction of sp³-hybridized carbons (Fsp3) is 0.316. The van der Waals surface area contributed by atoms with Gasteiger partial charge in [-0.05, 0) is 43.2 Å². The van der Waals surface area contributed by atoms with E-state index in [1.807, 2.05) is 18.2 Å². The summed E-state index contributed by atoms with van der Waals surface area (Å²) in [6, 6.07) is 10.8. The van der Waals surface area contributed by atoms with Crippen LogP contribution in [0.4, 0.5) is 0 Å². The Hall–Kier alpha value is -2.41. The average molecular weight is 419 g/mol. The smallest absolute Gasteiger partial charge is 0.308 e. The van der Waals surface area contributed by atoms with Gasteiger partial charge < -0.3 is 14.4 Å². The summed E-state index contributed by atoms with van der Waals surface area (Å²) in [5, 5.41) is 0. The molecule has 0 radical (unpaired) electrons. The number of methoxy groups -OCH3 is 1. The van der Waals surface area contributed by atoms with Crippen molar-refractivity contribution in [1.29, 1.82) is 0 Å². The van der Waals surface area contributed by atoms with Crippen molar-refractivity contribution >= 4 is 27.8 Å². The Morgan fingerprint density at radius 2 is 1.96 bits per heavy atom. The number of pyridine rings is 1. The van der Waals surface area contributed by atoms with Gasteiger partial charge in [0, 0.05) is 23.8 Å². The number of likely N-dealkylation sites (tertiary alicyclic amines) is 1. The lowest BCUT2D eigenvalue weighted by Crippen LogP contribution is -2.40. The topological polar surface area (TPSA) is 68.7 Å². The Morgan fingerprint density at radius 3 is 2.65 bits per heavy atom. The number of rotatable bonds is 4. The third kappa shape index (κ3) is 4.22. The molecule has 1 aliphatic rings. The monoisotopic (exact) mass is 418 g/mol. The Morgan fingerprint density at radius 1 is 1.19 bits per heavy atom. The second-order valence-corrected chi connectivity index (χ2v) is 6.92. The molecule has 136 valence electrons. The summed E-state index contributed by atoms with van der Waals surface area (Å²) in [7, 11) is 1.39. The standard InChI is InChI=1S/C19H19BrN2O4/c1-25-19(24)13-7-10-22(11-8-13)18(23)16-6-3-9-21-17(16)26-15-5-2-4-14(20)12-15/h2-6,9,12-13H,7-8,10-11H2,1H3. The second kappa shape index (κ2) is 8.31. The van der Waals surface area contributed by atoms with Gasteiger partial charge in [-0.1, -0.05) is 22.0 Å². The third-order valence-corrected chi connectivity index (χ3v) is 4.82. The number of benzene rings is 1. The van der Waals surface area contributed by atoms with Crippen molar-refractivity contribution in [2.45, 2.75) is 12.8 Å². The number of halogens is 1. The molecule has 0 saturated carbocycles. The summed E-state index contributed by atoms with van der Waals surface area (Å²) in [6.45, 7) is 1.01. The summed E-state index contributed by atoms with van der Waals surface area (Å²) in [5.74, 6) is 0.362. The maximum atomic E-state index is 12.9. The predicted octanol–water partition coefficient (Wildman–Crippen LogP) is 3.66. The molecule has 1 aromatic carbocycles. The SMILES string of the molecule is COC(=O)C1CCN(C(=O)c2cccnc2Oc2cccc(Br)c2)CC1. The van der Waals surface area contributed by atoms with Crippen molar-refractivity contribution in [3.63, 3.8) is 0 Å². The summed E-state index contributed by atoms with van der Waals surface area (Å²) in [4.78, 5) is 30.5. The van der Waals surface area contributed by atoms with Gasteiger partial charge in [0.15, 0.2) is 0 Å². The first kappa shape index (κ1) is 18.4. The Kier molecular flexibility index (Phi) is 5.88. The van der Waals surface area contributed by atoms with Crippen LogP contribution >= 0.6 is 15.9 Å². The van der Waals surface area contributed by atoms with Crippen LogP contribution in [-0.4, -0.2) is 42.0 Å². The number of ether oxygens (including phenoxy) is 2. The highest BCUT2D eigenvalue weighted by atomic mass is 79.9. The van der Waals surface area contributed by atoms with Gasteiger partial charge in [0.1, 0.15) is 11.3 Å². The van der Waals surface area contributed by atoms with Gasteiger partial charge >= 0.3 is 5.97 Å². The minimum absolute atomic E-state index is 0.143. The van der Waals surface area contributed by atoms with Crippen LogP contribution in [0.25, 0.3) is 0 Å². The minimum Gasteiger partial charge on any atom is -0.469 e. The number of nitrogens with zero attached hydrogens (tertiary/aromatic N) is 2. The Bertz CT molecular complexity index is 804. The van der Waals surface area contributed by atoms with Crippen molar-refractivity contribution < 1.29 is 19.1 Å². The van der Waals surface area contributed by atoms with E-state index >= 15 is 0 Å². The lowest BCUT2D eigenvalue weighted by molar-refractivity contribution is -0.146. The maximum absolute atomic E-state index is 12.9. The molecule has 2 aromatic rings. The summed E-state index contributed by atoms with van der Waals surface area (Å²) in [6.07, 6.45) is 2.79. The van der Waals surface area contributed by atoms with Gasteiger partial charge in [-0.3, -0.25) is 9.59 Å². The van der Waals surface area contributed by atoms with E-state index < -0.39 is 0 Å². The van der Waals surface area contributed by atoms with Gasteiger partial charge in [-0.2, -0.15) is 0 Å². The van der Waals surface area contributed by atoms with Crippen LogP contribution < -0.4 is 4.74 Å². The zero-order chi connectivity index (χ0) is 18.5. The van der Waals surface area contributed by atoms with E-state index in [-0.39, 0.29) is 23.7 Å². The molecule has 0 spiro atoms. The number of carbonyl (C=O) groups excluding carboxylic acids is 2. The third-order valence-electron chi connectivity index (χ3n) is 4.33. The number of amides is 1. The molecule has 1 saturated heterocycles. The van der Waals surface area contributed by atoms with Crippen LogP contribution in [-0.2, 0) is 9.53 Å². The molecule has 1 aromatic heterocycles. The van der Waals surface area contributed by atoms with Crippen LogP contribution in [0.5, 0.6) is 11.6 Å². The maximum Gasteiger partial charge on any atom is 0.308 e. The Labute approximate surface area is 160 Å². The number of aromatic nitrogens is 1. The van der Waals surface area contributed by atoms with Gasteiger partial charge in [0.05, 0.1) is 13.0 Å². The molecule has 2 heterocycles. The van der Waals surface area contributed by atoms with Crippen LogP contribution in [0, 0.1) is 5.92 Å². The lowest BCUT2D eigenvalue weighted by atomic mass is 9.96. The number of carbonyl (C=O) groups is 2. The Balaban J connectivity index is 1.73. The average Bonchev–Trinajstić information content (AvgIpc) is 2.67. The molecular weight excluding hydrogens is 400 g/mol. The summed E-state index contributed by atoms with van der Waals surface area (Å²) < 4.78 is 11.5. The predicted molar refractivity (Wildman–Crippen MR) is 99.1 cm³/mol. The fourth-order valence-electron chi connectivity index (χ4n) is 2.93. The summed E-state index contributed by atoms with van der Waals surface area (Å²) in [5.41, 5.74) is 0.406. The highest BCUT2D eigenvalue weighted by molar-refractivity contribution is 9.10. The quantitative estimate of drug-likeness (QED) is 0.708. The van der Waals surface area contributed by atoms with Gasteiger partial charge in [-0.25, -0.2) is 4.98 Å². The molecule has 0 bridgehead atoms.